The van der Waals surface area contributed by atoms with Gasteiger partial charge in [-0.3, -0.25) is 9.59 Å². The number of aryl methyl sites for hydroxylation is 2. The van der Waals surface area contributed by atoms with Gasteiger partial charge in [0.05, 0.1) is 5.75 Å². The Balaban J connectivity index is 1.61. The number of amides is 2. The Morgan fingerprint density at radius 2 is 1.67 bits per heavy atom. The van der Waals surface area contributed by atoms with Crippen LogP contribution >= 0.6 is 11.8 Å². The van der Waals surface area contributed by atoms with E-state index in [9.17, 15) is 9.59 Å². The van der Waals surface area contributed by atoms with E-state index < -0.39 is 6.04 Å². The summed E-state index contributed by atoms with van der Waals surface area (Å²) in [4.78, 5) is 28.1. The predicted molar refractivity (Wildman–Crippen MR) is 138 cm³/mol. The molecule has 1 N–H and O–H groups in total. The first kappa shape index (κ1) is 25.4. The van der Waals surface area contributed by atoms with Crippen molar-refractivity contribution in [3.05, 3.63) is 70.8 Å². The number of nitrogens with one attached hydrogen (secondary N) is 1. The van der Waals surface area contributed by atoms with Crippen LogP contribution in [0.15, 0.2) is 48.5 Å². The number of hydrogen-bond acceptors (Lipinski definition) is 3. The molecule has 4 nitrogen and oxygen atoms in total. The second-order valence-electron chi connectivity index (χ2n) is 9.33. The molecule has 0 aliphatic heterocycles. The molecule has 0 spiro atoms. The summed E-state index contributed by atoms with van der Waals surface area (Å²) in [5, 5.41) is 3.21. The minimum absolute atomic E-state index is 0.0254. The summed E-state index contributed by atoms with van der Waals surface area (Å²) in [6, 6.07) is 16.5. The standard InChI is InChI=1S/C28H38N2O2S/c1-21-16-22(2)18-25(17-21)19-33-20-27(31)30(15-14-24-10-6-4-7-11-24)23(3)28(32)29-26-12-8-5-9-13-26/h4,6-7,10-11,16-18,23,26H,5,8-9,12-15,19-20H2,1-3H3,(H,29,32)/t23-/m0/s1. The second kappa shape index (κ2) is 12.8. The maximum absolute atomic E-state index is 13.3. The van der Waals surface area contributed by atoms with E-state index >= 15 is 0 Å². The maximum Gasteiger partial charge on any atom is 0.242 e. The highest BCUT2D eigenvalue weighted by Gasteiger charge is 2.27. The van der Waals surface area contributed by atoms with Gasteiger partial charge in [0, 0.05) is 18.3 Å². The lowest BCUT2D eigenvalue weighted by molar-refractivity contribution is -0.138. The third-order valence-electron chi connectivity index (χ3n) is 6.38. The summed E-state index contributed by atoms with van der Waals surface area (Å²) < 4.78 is 0. The van der Waals surface area contributed by atoms with E-state index in [1.807, 2.05) is 25.1 Å². The zero-order chi connectivity index (χ0) is 23.6. The van der Waals surface area contributed by atoms with E-state index in [1.165, 1.54) is 41.5 Å². The van der Waals surface area contributed by atoms with Crippen LogP contribution in [0.4, 0.5) is 0 Å². The van der Waals surface area contributed by atoms with Gasteiger partial charge >= 0.3 is 0 Å². The lowest BCUT2D eigenvalue weighted by Crippen LogP contribution is -2.51. The Kier molecular flexibility index (Phi) is 9.86. The van der Waals surface area contributed by atoms with Crippen molar-refractivity contribution in [2.75, 3.05) is 12.3 Å². The van der Waals surface area contributed by atoms with Crippen LogP contribution in [-0.2, 0) is 21.8 Å². The highest BCUT2D eigenvalue weighted by Crippen LogP contribution is 2.19. The molecule has 0 aromatic heterocycles. The first-order chi connectivity index (χ1) is 15.9. The number of carbonyl (C=O) groups is 2. The molecule has 178 valence electrons. The van der Waals surface area contributed by atoms with Gasteiger partial charge < -0.3 is 10.2 Å². The summed E-state index contributed by atoms with van der Waals surface area (Å²) in [7, 11) is 0. The molecule has 2 aromatic carbocycles. The number of rotatable bonds is 10. The summed E-state index contributed by atoms with van der Waals surface area (Å²) in [5.41, 5.74) is 4.91. The molecule has 3 rings (SSSR count). The van der Waals surface area contributed by atoms with Crippen LogP contribution in [-0.4, -0.2) is 41.1 Å². The van der Waals surface area contributed by atoms with E-state index in [0.29, 0.717) is 12.3 Å². The van der Waals surface area contributed by atoms with Gasteiger partial charge in [0.1, 0.15) is 6.04 Å². The Morgan fingerprint density at radius 1 is 1.00 bits per heavy atom. The zero-order valence-corrected chi connectivity index (χ0v) is 21.1. The van der Waals surface area contributed by atoms with Crippen LogP contribution in [0, 0.1) is 13.8 Å². The highest BCUT2D eigenvalue weighted by molar-refractivity contribution is 7.99. The van der Waals surface area contributed by atoms with Crippen molar-refractivity contribution in [3.63, 3.8) is 0 Å². The van der Waals surface area contributed by atoms with Crippen molar-refractivity contribution in [1.29, 1.82) is 0 Å². The van der Waals surface area contributed by atoms with Crippen LogP contribution in [0.5, 0.6) is 0 Å². The van der Waals surface area contributed by atoms with Crippen molar-refractivity contribution >= 4 is 23.6 Å². The van der Waals surface area contributed by atoms with Crippen molar-refractivity contribution in [1.82, 2.24) is 10.2 Å². The Bertz CT molecular complexity index is 889. The monoisotopic (exact) mass is 466 g/mol. The van der Waals surface area contributed by atoms with Gasteiger partial charge in [-0.1, -0.05) is 78.9 Å². The molecule has 1 aliphatic rings. The lowest BCUT2D eigenvalue weighted by atomic mass is 9.95. The molecule has 0 heterocycles. The molecule has 0 unspecified atom stereocenters. The molecule has 1 atom stereocenters. The van der Waals surface area contributed by atoms with Crippen LogP contribution in [0.25, 0.3) is 0 Å². The molecule has 5 heteroatoms. The van der Waals surface area contributed by atoms with Gasteiger partial charge in [-0.05, 0) is 51.2 Å². The van der Waals surface area contributed by atoms with Gasteiger partial charge in [0.25, 0.3) is 0 Å². The number of hydrogen-bond donors (Lipinski definition) is 1. The quantitative estimate of drug-likeness (QED) is 0.507. The molecule has 1 aliphatic carbocycles. The average Bonchev–Trinajstić information content (AvgIpc) is 2.80. The maximum atomic E-state index is 13.3. The summed E-state index contributed by atoms with van der Waals surface area (Å²) in [5.74, 6) is 1.18. The van der Waals surface area contributed by atoms with E-state index in [-0.39, 0.29) is 17.9 Å². The molecule has 0 radical (unpaired) electrons. The molecular formula is C28H38N2O2S. The van der Waals surface area contributed by atoms with Crippen LogP contribution in [0.1, 0.15) is 61.3 Å². The van der Waals surface area contributed by atoms with Gasteiger partial charge in [-0.2, -0.15) is 0 Å². The van der Waals surface area contributed by atoms with E-state index in [2.05, 4.69) is 49.5 Å². The SMILES string of the molecule is Cc1cc(C)cc(CSCC(=O)N(CCc2ccccc2)[C@@H](C)C(=O)NC2CCCCC2)c1. The third-order valence-corrected chi connectivity index (χ3v) is 7.37. The molecule has 33 heavy (non-hydrogen) atoms. The number of thioether (sulfide) groups is 1. The Morgan fingerprint density at radius 3 is 2.33 bits per heavy atom. The lowest BCUT2D eigenvalue weighted by Gasteiger charge is -2.31. The topological polar surface area (TPSA) is 49.4 Å². The summed E-state index contributed by atoms with van der Waals surface area (Å²) in [6.07, 6.45) is 6.43. The minimum Gasteiger partial charge on any atom is -0.352 e. The van der Waals surface area contributed by atoms with E-state index in [4.69, 9.17) is 0 Å². The van der Waals surface area contributed by atoms with Crippen LogP contribution in [0.2, 0.25) is 0 Å². The molecule has 2 aromatic rings. The fourth-order valence-electron chi connectivity index (χ4n) is 4.63. The first-order valence-electron chi connectivity index (χ1n) is 12.2. The highest BCUT2D eigenvalue weighted by atomic mass is 32.2. The largest absolute Gasteiger partial charge is 0.352 e. The zero-order valence-electron chi connectivity index (χ0n) is 20.3. The van der Waals surface area contributed by atoms with Gasteiger partial charge in [-0.25, -0.2) is 0 Å². The van der Waals surface area contributed by atoms with Gasteiger partial charge in [0.15, 0.2) is 0 Å². The van der Waals surface area contributed by atoms with Gasteiger partial charge in [0.2, 0.25) is 11.8 Å². The molecule has 0 saturated heterocycles. The van der Waals surface area contributed by atoms with Crippen molar-refractivity contribution in [3.8, 4) is 0 Å². The van der Waals surface area contributed by atoms with E-state index in [0.717, 1.165) is 25.0 Å². The summed E-state index contributed by atoms with van der Waals surface area (Å²) >= 11 is 1.62. The molecule has 1 saturated carbocycles. The number of nitrogens with zero attached hydrogens (tertiary/aromatic N) is 1. The smallest absolute Gasteiger partial charge is 0.242 e. The van der Waals surface area contributed by atoms with Crippen LogP contribution < -0.4 is 5.32 Å². The molecule has 1 fully saturated rings. The molecular weight excluding hydrogens is 428 g/mol. The molecule has 2 amide bonds. The van der Waals surface area contributed by atoms with Crippen LogP contribution in [0.3, 0.4) is 0 Å². The minimum atomic E-state index is -0.468. The second-order valence-corrected chi connectivity index (χ2v) is 10.3. The number of benzene rings is 2. The van der Waals surface area contributed by atoms with Crippen molar-refractivity contribution < 1.29 is 9.59 Å². The Hall–Kier alpha value is -2.27. The number of carbonyl (C=O) groups excluding carboxylic acids is 2. The van der Waals surface area contributed by atoms with Crippen molar-refractivity contribution in [2.24, 2.45) is 0 Å². The van der Waals surface area contributed by atoms with Gasteiger partial charge in [-0.15, -0.1) is 11.8 Å². The fraction of sp³-hybridized carbons (Fsp3) is 0.500. The average molecular weight is 467 g/mol. The summed E-state index contributed by atoms with van der Waals surface area (Å²) in [6.45, 7) is 6.62. The normalized spacial score (nSPS) is 15.1. The van der Waals surface area contributed by atoms with E-state index in [1.54, 1.807) is 16.7 Å². The van der Waals surface area contributed by atoms with Crippen molar-refractivity contribution in [2.45, 2.75) is 77.1 Å². The molecule has 0 bridgehead atoms. The predicted octanol–water partition coefficient (Wildman–Crippen LogP) is 5.45. The fourth-order valence-corrected chi connectivity index (χ4v) is 5.48. The third kappa shape index (κ3) is 8.22. The first-order valence-corrected chi connectivity index (χ1v) is 13.4. The Labute approximate surface area is 203 Å².